The van der Waals surface area contributed by atoms with Crippen LogP contribution in [-0.4, -0.2) is 19.1 Å². The van der Waals surface area contributed by atoms with Crippen molar-refractivity contribution in [3.63, 3.8) is 0 Å². The van der Waals surface area contributed by atoms with Crippen LogP contribution in [0.15, 0.2) is 17.9 Å². The van der Waals surface area contributed by atoms with E-state index < -0.39 is 0 Å². The average Bonchev–Trinajstić information content (AvgIpc) is 3.32. The average molecular weight is 842 g/mol. The van der Waals surface area contributed by atoms with Crippen LogP contribution >= 0.6 is 110 Å². The predicted molar refractivity (Wildman–Crippen MR) is 154 cm³/mol. The number of rotatable bonds is 0. The number of anilines is 1. The van der Waals surface area contributed by atoms with E-state index in [9.17, 15) is 0 Å². The lowest BCUT2D eigenvalue weighted by Crippen LogP contribution is -2.09. The molecule has 4 aromatic rings. The lowest BCUT2D eigenvalue weighted by atomic mass is 10.0. The first-order valence-corrected chi connectivity index (χ1v) is 14.7. The molecule has 0 fully saturated rings. The van der Waals surface area contributed by atoms with E-state index in [4.69, 9.17) is 28.9 Å². The van der Waals surface area contributed by atoms with E-state index in [0.717, 1.165) is 76.8 Å². The molecule has 32 heavy (non-hydrogen) atoms. The Bertz CT molecular complexity index is 1320. The molecule has 0 unspecified atom stereocenters. The third-order valence-corrected chi connectivity index (χ3v) is 12.6. The van der Waals surface area contributed by atoms with Crippen LogP contribution in [0.4, 0.5) is 5.69 Å². The molecular formula is C20H14Br4Cl2IN5. The minimum absolute atomic E-state index is 0.521. The van der Waals surface area contributed by atoms with Crippen LogP contribution in [0, 0.1) is 3.57 Å². The first-order valence-electron chi connectivity index (χ1n) is 9.74. The van der Waals surface area contributed by atoms with Crippen molar-refractivity contribution >= 4 is 137 Å². The minimum atomic E-state index is 0.521. The molecule has 2 aromatic heterocycles. The Morgan fingerprint density at radius 1 is 0.750 bits per heavy atom. The monoisotopic (exact) mass is 837 g/mol. The Labute approximate surface area is 241 Å². The highest BCUT2D eigenvalue weighted by molar-refractivity contribution is 14.1. The van der Waals surface area contributed by atoms with Gasteiger partial charge in [-0.05, 0) is 146 Å². The van der Waals surface area contributed by atoms with Gasteiger partial charge in [-0.15, -0.1) is 0 Å². The Kier molecular flexibility index (Phi) is 6.88. The van der Waals surface area contributed by atoms with Gasteiger partial charge >= 0.3 is 0 Å². The van der Waals surface area contributed by atoms with Crippen molar-refractivity contribution in [3.05, 3.63) is 43.2 Å². The number of nitrogen functional groups attached to an aromatic ring is 1. The van der Waals surface area contributed by atoms with Gasteiger partial charge in [-0.2, -0.15) is 0 Å². The smallest absolute Gasteiger partial charge is 0.203 e. The molecule has 168 valence electrons. The van der Waals surface area contributed by atoms with Gasteiger partial charge < -0.3 is 14.9 Å². The van der Waals surface area contributed by atoms with Gasteiger partial charge in [-0.1, -0.05) is 0 Å². The summed E-state index contributed by atoms with van der Waals surface area (Å²) >= 11 is 28.9. The molecule has 2 aromatic carbocycles. The van der Waals surface area contributed by atoms with Gasteiger partial charge in [0.2, 0.25) is 10.6 Å². The summed E-state index contributed by atoms with van der Waals surface area (Å²) in [7, 11) is 0. The highest BCUT2D eigenvalue weighted by Gasteiger charge is 2.25. The first kappa shape index (κ1) is 24.1. The highest BCUT2D eigenvalue weighted by atomic mass is 127. The fourth-order valence-electron chi connectivity index (χ4n) is 4.39. The molecule has 12 heteroatoms. The van der Waals surface area contributed by atoms with Gasteiger partial charge in [0.25, 0.3) is 0 Å². The molecule has 2 N–H and O–H groups in total. The summed E-state index contributed by atoms with van der Waals surface area (Å²) in [6.45, 7) is 1.88. The molecular weight excluding hydrogens is 828 g/mol. The zero-order chi connectivity index (χ0) is 22.9. The third kappa shape index (κ3) is 3.69. The number of nitrogens with two attached hydrogens (primary N) is 1. The van der Waals surface area contributed by atoms with E-state index in [2.05, 4.69) is 101 Å². The van der Waals surface area contributed by atoms with Crippen molar-refractivity contribution in [1.82, 2.24) is 19.1 Å². The van der Waals surface area contributed by atoms with E-state index in [1.165, 1.54) is 16.6 Å². The third-order valence-electron chi connectivity index (χ3n) is 5.84. The zero-order valence-electron chi connectivity index (χ0n) is 16.3. The molecule has 6 rings (SSSR count). The Morgan fingerprint density at radius 3 is 1.78 bits per heavy atom. The number of hydrogen-bond acceptors (Lipinski definition) is 3. The van der Waals surface area contributed by atoms with Crippen LogP contribution in [0.1, 0.15) is 24.0 Å². The van der Waals surface area contributed by atoms with Crippen LogP contribution in [0.2, 0.25) is 10.6 Å². The molecule has 0 saturated heterocycles. The second-order valence-corrected chi connectivity index (χ2v) is 12.5. The Hall–Kier alpha value is 0.410. The highest BCUT2D eigenvalue weighted by Crippen LogP contribution is 2.43. The van der Waals surface area contributed by atoms with Gasteiger partial charge in [0, 0.05) is 26.5 Å². The van der Waals surface area contributed by atoms with Crippen molar-refractivity contribution in [3.8, 4) is 0 Å². The maximum absolute atomic E-state index is 6.17. The van der Waals surface area contributed by atoms with Crippen molar-refractivity contribution in [1.29, 1.82) is 0 Å². The van der Waals surface area contributed by atoms with Crippen molar-refractivity contribution < 1.29 is 0 Å². The van der Waals surface area contributed by atoms with Crippen LogP contribution in [-0.2, 0) is 25.9 Å². The molecule has 0 atom stereocenters. The van der Waals surface area contributed by atoms with Gasteiger partial charge in [-0.25, -0.2) is 9.97 Å². The van der Waals surface area contributed by atoms with Crippen LogP contribution in [0.3, 0.4) is 0 Å². The number of imidazole rings is 2. The summed E-state index contributed by atoms with van der Waals surface area (Å²) in [4.78, 5) is 8.80. The lowest BCUT2D eigenvalue weighted by Gasteiger charge is -2.18. The second-order valence-electron chi connectivity index (χ2n) is 7.61. The summed E-state index contributed by atoms with van der Waals surface area (Å²) in [5, 5.41) is 1.12. The van der Waals surface area contributed by atoms with E-state index in [1.54, 1.807) is 0 Å². The summed E-state index contributed by atoms with van der Waals surface area (Å²) in [6.07, 6.45) is 4.30. The van der Waals surface area contributed by atoms with Crippen molar-refractivity contribution in [2.45, 2.75) is 38.8 Å². The van der Waals surface area contributed by atoms with E-state index >= 15 is 0 Å². The quantitative estimate of drug-likeness (QED) is 0.110. The molecule has 2 aliphatic heterocycles. The Balaban J connectivity index is 0.000000135. The van der Waals surface area contributed by atoms with E-state index in [0.29, 0.717) is 16.3 Å². The SMILES string of the molecule is Clc1nc2c(I)c(Br)c(Br)c3c2n1CCC3.Nc1c(Br)c(Br)c2c3c1nc(Cl)n3CCC2. The summed E-state index contributed by atoms with van der Waals surface area (Å²) in [5.41, 5.74) is 13.3. The topological polar surface area (TPSA) is 61.7 Å². The second kappa shape index (κ2) is 9.13. The standard InChI is InChI=1S/C10H6Br2ClIN2.C10H8Br2ClN3/c2*11-5-4-2-1-3-16-9(4)8(15-10(16)13)7(14)6(5)12/h1-3H2;1-3,14H2. The van der Waals surface area contributed by atoms with Crippen molar-refractivity contribution in [2.75, 3.05) is 5.73 Å². The van der Waals surface area contributed by atoms with E-state index in [-0.39, 0.29) is 0 Å². The number of benzene rings is 2. The fraction of sp³-hybridized carbons (Fsp3) is 0.300. The van der Waals surface area contributed by atoms with Crippen molar-refractivity contribution in [2.24, 2.45) is 0 Å². The lowest BCUT2D eigenvalue weighted by molar-refractivity contribution is 0.631. The van der Waals surface area contributed by atoms with Gasteiger partial charge in [-0.3, -0.25) is 0 Å². The Morgan fingerprint density at radius 2 is 1.22 bits per heavy atom. The molecule has 0 amide bonds. The van der Waals surface area contributed by atoms with Gasteiger partial charge in [0.05, 0.1) is 24.8 Å². The summed E-state index contributed by atoms with van der Waals surface area (Å²) in [6, 6.07) is 0. The van der Waals surface area contributed by atoms with Gasteiger partial charge in [0.1, 0.15) is 11.0 Å². The fourth-order valence-corrected chi connectivity index (χ4v) is 7.95. The maximum atomic E-state index is 6.17. The van der Waals surface area contributed by atoms with Crippen LogP contribution in [0.5, 0.6) is 0 Å². The maximum Gasteiger partial charge on any atom is 0.203 e. The minimum Gasteiger partial charge on any atom is -0.396 e. The number of nitrogens with zero attached hydrogens (tertiary/aromatic N) is 4. The molecule has 0 radical (unpaired) electrons. The molecule has 5 nitrogen and oxygen atoms in total. The summed E-state index contributed by atoms with van der Waals surface area (Å²) in [5.74, 6) is 0. The predicted octanol–water partition coefficient (Wildman–Crippen LogP) is 8.51. The normalized spacial score (nSPS) is 14.7. The first-order chi connectivity index (χ1) is 15.2. The molecule has 0 aliphatic carbocycles. The molecule has 0 spiro atoms. The van der Waals surface area contributed by atoms with E-state index in [1.807, 2.05) is 4.57 Å². The van der Waals surface area contributed by atoms with Gasteiger partial charge in [0.15, 0.2) is 0 Å². The molecule has 2 aliphatic rings. The number of halogens is 7. The number of aryl methyl sites for hydroxylation is 4. The number of aromatic nitrogens is 4. The molecule has 4 heterocycles. The largest absolute Gasteiger partial charge is 0.396 e. The number of hydrogen-bond donors (Lipinski definition) is 1. The van der Waals surface area contributed by atoms with Crippen LogP contribution < -0.4 is 5.73 Å². The molecule has 0 saturated carbocycles. The van der Waals surface area contributed by atoms with Crippen LogP contribution in [0.25, 0.3) is 22.1 Å². The summed E-state index contributed by atoms with van der Waals surface area (Å²) < 4.78 is 9.37. The molecule has 0 bridgehead atoms. The zero-order valence-corrected chi connectivity index (χ0v) is 26.3.